The van der Waals surface area contributed by atoms with E-state index in [2.05, 4.69) is 17.3 Å². The molecule has 0 saturated carbocycles. The molecule has 0 aromatic heterocycles. The third-order valence-electron chi connectivity index (χ3n) is 4.43. The lowest BCUT2D eigenvalue weighted by molar-refractivity contribution is -0.129. The molecule has 2 amide bonds. The zero-order valence-electron chi connectivity index (χ0n) is 17.6. The zero-order valence-corrected chi connectivity index (χ0v) is 19.1. The number of hydrogen-bond donors (Lipinski definition) is 1. The largest absolute Gasteiger partial charge is 0.490 e. The minimum atomic E-state index is -0.416. The van der Waals surface area contributed by atoms with Crippen LogP contribution >= 0.6 is 23.4 Å². The molecule has 7 nitrogen and oxygen atoms in total. The molecule has 164 valence electrons. The maximum absolute atomic E-state index is 12.0. The summed E-state index contributed by atoms with van der Waals surface area (Å²) in [4.78, 5) is 23.3. The number of carbonyl (C=O) groups is 2. The molecule has 3 rings (SSSR count). The smallest absolute Gasteiger partial charge is 0.241 e. The van der Waals surface area contributed by atoms with Crippen LogP contribution in [0.4, 0.5) is 0 Å². The number of amides is 2. The summed E-state index contributed by atoms with van der Waals surface area (Å²) >= 11 is 7.67. The molecule has 1 aliphatic heterocycles. The molecule has 1 heterocycles. The maximum atomic E-state index is 12.0. The molecule has 1 N–H and O–H groups in total. The average molecular weight is 462 g/mol. The fraction of sp³-hybridized carbons (Fsp3) is 0.318. The average Bonchev–Trinajstić information content (AvgIpc) is 3.16. The van der Waals surface area contributed by atoms with Gasteiger partial charge in [0.2, 0.25) is 11.8 Å². The molecule has 0 bridgehead atoms. The Hall–Kier alpha value is -2.71. The first-order chi connectivity index (χ1) is 14.9. The van der Waals surface area contributed by atoms with Gasteiger partial charge in [0, 0.05) is 13.8 Å². The van der Waals surface area contributed by atoms with Crippen LogP contribution in [0.15, 0.2) is 47.6 Å². The topological polar surface area (TPSA) is 80.2 Å². The quantitative estimate of drug-likeness (QED) is 0.619. The van der Waals surface area contributed by atoms with E-state index in [4.69, 9.17) is 21.1 Å². The molecule has 0 radical (unpaired) electrons. The van der Waals surface area contributed by atoms with E-state index >= 15 is 0 Å². The Kier molecular flexibility index (Phi) is 7.81. The number of nitrogens with one attached hydrogen (secondary N) is 1. The first kappa shape index (κ1) is 23.0. The van der Waals surface area contributed by atoms with Crippen molar-refractivity contribution in [1.29, 1.82) is 0 Å². The molecule has 0 saturated heterocycles. The summed E-state index contributed by atoms with van der Waals surface area (Å²) in [7, 11) is 0. The SMILES string of the molecule is CCc1ccc(OCCOc2ccc(C3SC(NC(C)=O)=NN3C(C)=O)cc2Cl)cc1. The minimum Gasteiger partial charge on any atom is -0.490 e. The van der Waals surface area contributed by atoms with E-state index in [1.807, 2.05) is 30.3 Å². The van der Waals surface area contributed by atoms with Gasteiger partial charge in [-0.3, -0.25) is 9.59 Å². The van der Waals surface area contributed by atoms with Crippen LogP contribution in [0.3, 0.4) is 0 Å². The number of halogens is 1. The van der Waals surface area contributed by atoms with E-state index in [0.29, 0.717) is 29.2 Å². The molecular formula is C22H24ClN3O4S. The first-order valence-electron chi connectivity index (χ1n) is 9.84. The van der Waals surface area contributed by atoms with Gasteiger partial charge in [-0.2, -0.15) is 0 Å². The van der Waals surface area contributed by atoms with Crippen LogP contribution in [0.25, 0.3) is 0 Å². The van der Waals surface area contributed by atoms with Gasteiger partial charge in [-0.15, -0.1) is 5.10 Å². The van der Waals surface area contributed by atoms with Crippen molar-refractivity contribution in [3.05, 3.63) is 58.6 Å². The van der Waals surface area contributed by atoms with Crippen LogP contribution in [0.1, 0.15) is 37.3 Å². The number of benzene rings is 2. The second-order valence-corrected chi connectivity index (χ2v) is 8.28. The van der Waals surface area contributed by atoms with Crippen molar-refractivity contribution in [2.24, 2.45) is 5.10 Å². The van der Waals surface area contributed by atoms with Crippen LogP contribution < -0.4 is 14.8 Å². The van der Waals surface area contributed by atoms with Crippen LogP contribution in [0.5, 0.6) is 11.5 Å². The van der Waals surface area contributed by atoms with Gasteiger partial charge < -0.3 is 14.8 Å². The van der Waals surface area contributed by atoms with E-state index in [0.717, 1.165) is 17.7 Å². The van der Waals surface area contributed by atoms with E-state index in [9.17, 15) is 9.59 Å². The summed E-state index contributed by atoms with van der Waals surface area (Å²) in [6.07, 6.45) is 0.988. The highest BCUT2D eigenvalue weighted by molar-refractivity contribution is 8.14. The van der Waals surface area contributed by atoms with Gasteiger partial charge in [-0.25, -0.2) is 5.01 Å². The number of hydrazone groups is 1. The van der Waals surface area contributed by atoms with E-state index in [1.165, 1.54) is 36.2 Å². The molecule has 0 fully saturated rings. The Morgan fingerprint density at radius 3 is 2.45 bits per heavy atom. The molecular weight excluding hydrogens is 438 g/mol. The predicted molar refractivity (Wildman–Crippen MR) is 122 cm³/mol. The third-order valence-corrected chi connectivity index (χ3v) is 5.83. The lowest BCUT2D eigenvalue weighted by atomic mass is 10.2. The van der Waals surface area contributed by atoms with E-state index < -0.39 is 5.37 Å². The van der Waals surface area contributed by atoms with Gasteiger partial charge in [-0.05, 0) is 41.8 Å². The van der Waals surface area contributed by atoms with Crippen molar-refractivity contribution in [3.63, 3.8) is 0 Å². The Balaban J connectivity index is 1.57. The van der Waals surface area contributed by atoms with Crippen LogP contribution in [-0.2, 0) is 16.0 Å². The second-order valence-electron chi connectivity index (χ2n) is 6.80. The van der Waals surface area contributed by atoms with Gasteiger partial charge in [0.25, 0.3) is 0 Å². The number of nitrogens with zero attached hydrogens (tertiary/aromatic N) is 2. The van der Waals surface area contributed by atoms with Gasteiger partial charge >= 0.3 is 0 Å². The Labute approximate surface area is 190 Å². The summed E-state index contributed by atoms with van der Waals surface area (Å²) in [5, 5.41) is 8.48. The number of amidine groups is 1. The first-order valence-corrected chi connectivity index (χ1v) is 11.1. The van der Waals surface area contributed by atoms with Crippen molar-refractivity contribution in [2.75, 3.05) is 13.2 Å². The predicted octanol–water partition coefficient (Wildman–Crippen LogP) is 4.36. The molecule has 0 spiro atoms. The number of carbonyl (C=O) groups excluding carboxylic acids is 2. The molecule has 9 heteroatoms. The standard InChI is InChI=1S/C22H24ClN3O4S/c1-4-16-5-8-18(9-6-16)29-11-12-30-20-10-7-17(13-19(20)23)21-26(15(3)28)25-22(31-21)24-14(2)27/h5-10,13,21H,4,11-12H2,1-3H3,(H,24,25,27). The summed E-state index contributed by atoms with van der Waals surface area (Å²) < 4.78 is 11.4. The lowest BCUT2D eigenvalue weighted by Gasteiger charge is -2.20. The molecule has 1 unspecified atom stereocenters. The van der Waals surface area contributed by atoms with Gasteiger partial charge in [0.05, 0.1) is 5.02 Å². The summed E-state index contributed by atoms with van der Waals surface area (Å²) in [5.41, 5.74) is 2.03. The fourth-order valence-electron chi connectivity index (χ4n) is 2.90. The van der Waals surface area contributed by atoms with Crippen LogP contribution in [-0.4, -0.2) is 35.2 Å². The molecule has 1 atom stereocenters. The van der Waals surface area contributed by atoms with E-state index in [1.54, 1.807) is 12.1 Å². The highest BCUT2D eigenvalue weighted by atomic mass is 35.5. The van der Waals surface area contributed by atoms with Crippen molar-refractivity contribution < 1.29 is 19.1 Å². The third kappa shape index (κ3) is 6.15. The molecule has 2 aromatic carbocycles. The van der Waals surface area contributed by atoms with Crippen molar-refractivity contribution >= 4 is 40.3 Å². The lowest BCUT2D eigenvalue weighted by Crippen LogP contribution is -2.25. The van der Waals surface area contributed by atoms with Gasteiger partial charge in [0.15, 0.2) is 5.17 Å². The Morgan fingerprint density at radius 1 is 1.13 bits per heavy atom. The van der Waals surface area contributed by atoms with Crippen molar-refractivity contribution in [3.8, 4) is 11.5 Å². The van der Waals surface area contributed by atoms with Crippen molar-refractivity contribution in [2.45, 2.75) is 32.6 Å². The molecule has 1 aliphatic rings. The number of ether oxygens (including phenoxy) is 2. The normalized spacial score (nSPS) is 15.4. The molecule has 2 aromatic rings. The highest BCUT2D eigenvalue weighted by Gasteiger charge is 2.32. The van der Waals surface area contributed by atoms with E-state index in [-0.39, 0.29) is 11.8 Å². The molecule has 31 heavy (non-hydrogen) atoms. The highest BCUT2D eigenvalue weighted by Crippen LogP contribution is 2.40. The van der Waals surface area contributed by atoms with Gasteiger partial charge in [0.1, 0.15) is 30.1 Å². The van der Waals surface area contributed by atoms with Gasteiger partial charge in [-0.1, -0.05) is 48.5 Å². The molecule has 0 aliphatic carbocycles. The van der Waals surface area contributed by atoms with Crippen LogP contribution in [0, 0.1) is 0 Å². The van der Waals surface area contributed by atoms with Crippen LogP contribution in [0.2, 0.25) is 5.02 Å². The summed E-state index contributed by atoms with van der Waals surface area (Å²) in [6, 6.07) is 13.3. The second kappa shape index (κ2) is 10.5. The number of aryl methyl sites for hydroxylation is 1. The number of thioether (sulfide) groups is 1. The Bertz CT molecular complexity index is 981. The zero-order chi connectivity index (χ0) is 22.4. The summed E-state index contributed by atoms with van der Waals surface area (Å²) in [5.74, 6) is 0.828. The fourth-order valence-corrected chi connectivity index (χ4v) is 4.27. The summed E-state index contributed by atoms with van der Waals surface area (Å²) in [6.45, 7) is 5.64. The minimum absolute atomic E-state index is 0.238. The Morgan fingerprint density at radius 2 is 1.84 bits per heavy atom. The number of rotatable bonds is 7. The van der Waals surface area contributed by atoms with Crippen molar-refractivity contribution in [1.82, 2.24) is 10.3 Å². The monoisotopic (exact) mass is 461 g/mol. The maximum Gasteiger partial charge on any atom is 0.241 e. The number of hydrogen-bond acceptors (Lipinski definition) is 6.